The molecule has 0 spiro atoms. The molecule has 0 aliphatic rings. The number of nitrogens with one attached hydrogen (secondary N) is 2. The molecule has 0 aliphatic heterocycles. The van der Waals surface area contributed by atoms with Crippen molar-refractivity contribution in [3.05, 3.63) is 71.1 Å². The molecule has 2 N–H and O–H groups in total. The van der Waals surface area contributed by atoms with Gasteiger partial charge in [0.2, 0.25) is 0 Å². The number of nitrogens with zero attached hydrogens (tertiary/aromatic N) is 1. The van der Waals surface area contributed by atoms with Gasteiger partial charge in [0.25, 0.3) is 5.91 Å². The summed E-state index contributed by atoms with van der Waals surface area (Å²) in [6, 6.07) is 16.1. The van der Waals surface area contributed by atoms with E-state index >= 15 is 0 Å². The van der Waals surface area contributed by atoms with Crippen molar-refractivity contribution in [3.8, 4) is 10.7 Å². The quantitative estimate of drug-likeness (QED) is 0.517. The van der Waals surface area contributed by atoms with E-state index in [1.54, 1.807) is 41.7 Å². The Morgan fingerprint density at radius 3 is 2.75 bits per heavy atom. The lowest BCUT2D eigenvalue weighted by molar-refractivity contribution is 0.102. The number of aromatic amines is 1. The first-order valence-electron chi connectivity index (χ1n) is 8.49. The summed E-state index contributed by atoms with van der Waals surface area (Å²) < 4.78 is 23.0. The van der Waals surface area contributed by atoms with E-state index in [9.17, 15) is 13.2 Å². The minimum atomic E-state index is -3.16. The Kier molecular flexibility index (Phi) is 4.74. The van der Waals surface area contributed by atoms with Gasteiger partial charge in [0.15, 0.2) is 9.84 Å². The normalized spacial score (nSPS) is 11.6. The summed E-state index contributed by atoms with van der Waals surface area (Å²) in [6.07, 6.45) is 1.17. The number of thiophene rings is 1. The third-order valence-electron chi connectivity index (χ3n) is 4.11. The number of amides is 1. The lowest BCUT2D eigenvalue weighted by Gasteiger charge is -2.07. The number of anilines is 1. The van der Waals surface area contributed by atoms with Crippen molar-refractivity contribution in [2.24, 2.45) is 0 Å². The average Bonchev–Trinajstić information content (AvgIpc) is 3.29. The van der Waals surface area contributed by atoms with Gasteiger partial charge in [0.05, 0.1) is 21.7 Å². The standard InChI is InChI=1S/C20H17N3O3S2/c1-28(25,26)12-13-4-2-5-14(10-13)20(24)21-15-7-8-16-17(11-15)23-19(22-16)18-6-3-9-27-18/h2-11H,12H2,1H3,(H,21,24)(H,22,23). The Labute approximate surface area is 166 Å². The largest absolute Gasteiger partial charge is 0.337 e. The van der Waals surface area contributed by atoms with Crippen LogP contribution in [0.15, 0.2) is 60.0 Å². The van der Waals surface area contributed by atoms with Crippen LogP contribution in [-0.2, 0) is 15.6 Å². The number of benzene rings is 2. The average molecular weight is 412 g/mol. The van der Waals surface area contributed by atoms with Gasteiger partial charge in [-0.15, -0.1) is 11.3 Å². The number of imidazole rings is 1. The maximum absolute atomic E-state index is 12.6. The minimum absolute atomic E-state index is 0.0975. The van der Waals surface area contributed by atoms with Crippen LogP contribution in [-0.4, -0.2) is 30.5 Å². The van der Waals surface area contributed by atoms with E-state index in [1.165, 1.54) is 6.26 Å². The lowest BCUT2D eigenvalue weighted by Crippen LogP contribution is -2.12. The molecule has 2 aromatic carbocycles. The second-order valence-electron chi connectivity index (χ2n) is 6.52. The van der Waals surface area contributed by atoms with E-state index in [1.807, 2.05) is 29.6 Å². The number of hydrogen-bond donors (Lipinski definition) is 2. The zero-order valence-electron chi connectivity index (χ0n) is 15.0. The van der Waals surface area contributed by atoms with Crippen molar-refractivity contribution >= 4 is 43.8 Å². The van der Waals surface area contributed by atoms with Gasteiger partial charge >= 0.3 is 0 Å². The van der Waals surface area contributed by atoms with Crippen LogP contribution < -0.4 is 5.32 Å². The molecule has 0 fully saturated rings. The Bertz CT molecular complexity index is 1260. The molecule has 0 saturated heterocycles. The van der Waals surface area contributed by atoms with Crippen molar-refractivity contribution in [2.45, 2.75) is 5.75 Å². The smallest absolute Gasteiger partial charge is 0.255 e. The summed E-state index contributed by atoms with van der Waals surface area (Å²) in [5, 5.41) is 4.84. The first-order valence-corrected chi connectivity index (χ1v) is 11.4. The maximum Gasteiger partial charge on any atom is 0.255 e. The van der Waals surface area contributed by atoms with Gasteiger partial charge in [-0.05, 0) is 47.3 Å². The first-order chi connectivity index (χ1) is 13.4. The second kappa shape index (κ2) is 7.21. The fourth-order valence-electron chi connectivity index (χ4n) is 2.93. The van der Waals surface area contributed by atoms with Crippen LogP contribution in [0, 0.1) is 0 Å². The second-order valence-corrected chi connectivity index (χ2v) is 9.61. The first kappa shape index (κ1) is 18.4. The summed E-state index contributed by atoms with van der Waals surface area (Å²) >= 11 is 1.60. The Morgan fingerprint density at radius 1 is 1.14 bits per heavy atom. The summed E-state index contributed by atoms with van der Waals surface area (Å²) in [7, 11) is -3.16. The molecule has 0 unspecified atom stereocenters. The van der Waals surface area contributed by atoms with E-state index in [2.05, 4.69) is 15.3 Å². The van der Waals surface area contributed by atoms with Crippen LogP contribution in [0.4, 0.5) is 5.69 Å². The van der Waals surface area contributed by atoms with Gasteiger partial charge in [0, 0.05) is 17.5 Å². The fourth-order valence-corrected chi connectivity index (χ4v) is 4.38. The van der Waals surface area contributed by atoms with Gasteiger partial charge in [-0.1, -0.05) is 18.2 Å². The van der Waals surface area contributed by atoms with Gasteiger partial charge in [0.1, 0.15) is 5.82 Å². The zero-order chi connectivity index (χ0) is 19.7. The molecule has 4 aromatic rings. The number of H-pyrrole nitrogens is 1. The van der Waals surface area contributed by atoms with Gasteiger partial charge in [-0.25, -0.2) is 13.4 Å². The predicted octanol–water partition coefficient (Wildman–Crippen LogP) is 4.09. The van der Waals surface area contributed by atoms with Gasteiger partial charge < -0.3 is 10.3 Å². The van der Waals surface area contributed by atoms with E-state index in [-0.39, 0.29) is 11.7 Å². The van der Waals surface area contributed by atoms with Crippen molar-refractivity contribution in [3.63, 3.8) is 0 Å². The molecule has 0 radical (unpaired) electrons. The predicted molar refractivity (Wildman–Crippen MR) is 112 cm³/mol. The molecule has 2 aromatic heterocycles. The zero-order valence-corrected chi connectivity index (χ0v) is 16.6. The molecule has 8 heteroatoms. The minimum Gasteiger partial charge on any atom is -0.337 e. The highest BCUT2D eigenvalue weighted by Gasteiger charge is 2.11. The van der Waals surface area contributed by atoms with Crippen LogP contribution in [0.3, 0.4) is 0 Å². The maximum atomic E-state index is 12.6. The van der Waals surface area contributed by atoms with Crippen molar-refractivity contribution in [1.82, 2.24) is 9.97 Å². The van der Waals surface area contributed by atoms with Crippen LogP contribution in [0.5, 0.6) is 0 Å². The van der Waals surface area contributed by atoms with Crippen molar-refractivity contribution in [2.75, 3.05) is 11.6 Å². The molecule has 4 rings (SSSR count). The number of carbonyl (C=O) groups excluding carboxylic acids is 1. The highest BCUT2D eigenvalue weighted by Crippen LogP contribution is 2.26. The lowest BCUT2D eigenvalue weighted by atomic mass is 10.1. The van der Waals surface area contributed by atoms with Crippen LogP contribution in [0.2, 0.25) is 0 Å². The molecule has 6 nitrogen and oxygen atoms in total. The molecule has 28 heavy (non-hydrogen) atoms. The van der Waals surface area contributed by atoms with E-state index < -0.39 is 9.84 Å². The molecule has 142 valence electrons. The highest BCUT2D eigenvalue weighted by atomic mass is 32.2. The van der Waals surface area contributed by atoms with Crippen LogP contribution in [0.1, 0.15) is 15.9 Å². The Hall–Kier alpha value is -2.97. The number of sulfone groups is 1. The Balaban J connectivity index is 1.56. The van der Waals surface area contributed by atoms with E-state index in [0.717, 1.165) is 21.7 Å². The Morgan fingerprint density at radius 2 is 2.00 bits per heavy atom. The molecular weight excluding hydrogens is 394 g/mol. The van der Waals surface area contributed by atoms with E-state index in [0.29, 0.717) is 16.8 Å². The number of hydrogen-bond acceptors (Lipinski definition) is 5. The summed E-state index contributed by atoms with van der Waals surface area (Å²) in [5.41, 5.74) is 3.26. The van der Waals surface area contributed by atoms with Crippen LogP contribution >= 0.6 is 11.3 Å². The molecule has 1 amide bonds. The molecule has 0 saturated carbocycles. The summed E-state index contributed by atoms with van der Waals surface area (Å²) in [4.78, 5) is 21.5. The number of aromatic nitrogens is 2. The van der Waals surface area contributed by atoms with Crippen LogP contribution in [0.25, 0.3) is 21.7 Å². The molecular formula is C20H17N3O3S2. The topological polar surface area (TPSA) is 91.9 Å². The van der Waals surface area contributed by atoms with Gasteiger partial charge in [-0.2, -0.15) is 0 Å². The molecule has 0 atom stereocenters. The third kappa shape index (κ3) is 4.13. The third-order valence-corrected chi connectivity index (χ3v) is 5.85. The highest BCUT2D eigenvalue weighted by molar-refractivity contribution is 7.89. The summed E-state index contributed by atoms with van der Waals surface area (Å²) in [5.74, 6) is 0.398. The van der Waals surface area contributed by atoms with Crippen molar-refractivity contribution in [1.29, 1.82) is 0 Å². The number of rotatable bonds is 5. The monoisotopic (exact) mass is 411 g/mol. The fraction of sp³-hybridized carbons (Fsp3) is 0.100. The van der Waals surface area contributed by atoms with Gasteiger partial charge in [-0.3, -0.25) is 4.79 Å². The molecule has 0 aliphatic carbocycles. The number of fused-ring (bicyclic) bond motifs is 1. The summed E-state index contributed by atoms with van der Waals surface area (Å²) in [6.45, 7) is 0. The molecule has 2 heterocycles. The molecule has 0 bridgehead atoms. The van der Waals surface area contributed by atoms with Crippen molar-refractivity contribution < 1.29 is 13.2 Å². The van der Waals surface area contributed by atoms with E-state index in [4.69, 9.17) is 0 Å². The number of carbonyl (C=O) groups is 1. The SMILES string of the molecule is CS(=O)(=O)Cc1cccc(C(=O)Nc2ccc3nc(-c4cccs4)[nH]c3c2)c1.